The number of urea groups is 1. The van der Waals surface area contributed by atoms with Gasteiger partial charge >= 0.3 is 6.03 Å². The van der Waals surface area contributed by atoms with E-state index in [-0.39, 0.29) is 59.5 Å². The summed E-state index contributed by atoms with van der Waals surface area (Å²) in [4.78, 5) is 30.8. The molecule has 3 N–H and O–H groups in total. The van der Waals surface area contributed by atoms with Gasteiger partial charge in [0.05, 0.1) is 42.4 Å². The number of benzene rings is 2. The van der Waals surface area contributed by atoms with Crippen LogP contribution in [-0.4, -0.2) is 100 Å². The molecule has 0 saturated heterocycles. The summed E-state index contributed by atoms with van der Waals surface area (Å²) in [5, 5.41) is 13.4. The summed E-state index contributed by atoms with van der Waals surface area (Å²) in [6.07, 6.45) is 7.14. The molecule has 1 fully saturated rings. The second-order valence-corrected chi connectivity index (χ2v) is 15.1. The first-order chi connectivity index (χ1) is 23.4. The van der Waals surface area contributed by atoms with E-state index in [0.717, 1.165) is 38.5 Å². The van der Waals surface area contributed by atoms with Crippen LogP contribution < -0.4 is 19.5 Å². The minimum atomic E-state index is -3.99. The van der Waals surface area contributed by atoms with Gasteiger partial charge in [-0.2, -0.15) is 0 Å². The van der Waals surface area contributed by atoms with Gasteiger partial charge in [0.25, 0.3) is 15.9 Å². The Morgan fingerprint density at radius 2 is 1.76 bits per heavy atom. The highest BCUT2D eigenvalue weighted by Gasteiger charge is 2.31. The molecule has 13 heteroatoms. The van der Waals surface area contributed by atoms with Crippen LogP contribution in [-0.2, 0) is 14.8 Å². The number of aliphatic hydroxyl groups is 1. The predicted octanol–water partition coefficient (Wildman–Crippen LogP) is 5.27. The number of carbonyl (C=O) groups excluding carboxylic acids is 2. The molecule has 0 aromatic heterocycles. The highest BCUT2D eigenvalue weighted by Crippen LogP contribution is 2.30. The van der Waals surface area contributed by atoms with Gasteiger partial charge in [-0.3, -0.25) is 9.52 Å². The molecule has 1 aliphatic heterocycles. The Balaban J connectivity index is 1.61. The van der Waals surface area contributed by atoms with Crippen LogP contribution in [0.2, 0.25) is 0 Å². The Labute approximate surface area is 291 Å². The molecular formula is C36H54N4O8S. The number of likely N-dealkylation sites (N-methyl/N-ethyl adjacent to an activating group) is 1. The highest BCUT2D eigenvalue weighted by molar-refractivity contribution is 7.92. The molecule has 2 aromatic carbocycles. The van der Waals surface area contributed by atoms with E-state index in [2.05, 4.69) is 10.0 Å². The Morgan fingerprint density at radius 3 is 2.43 bits per heavy atom. The zero-order chi connectivity index (χ0) is 35.6. The molecule has 12 nitrogen and oxygen atoms in total. The average Bonchev–Trinajstić information content (AvgIpc) is 3.09. The number of fused-ring (bicyclic) bond motifs is 1. The smallest absolute Gasteiger partial charge is 0.317 e. The van der Waals surface area contributed by atoms with E-state index in [1.165, 1.54) is 31.7 Å². The van der Waals surface area contributed by atoms with Crippen molar-refractivity contribution >= 4 is 27.6 Å². The number of aliphatic hydroxyl groups excluding tert-OH is 1. The van der Waals surface area contributed by atoms with Gasteiger partial charge in [-0.05, 0) is 88.4 Å². The predicted molar refractivity (Wildman–Crippen MR) is 189 cm³/mol. The molecule has 4 rings (SSSR count). The standard InChI is InChI=1S/C36H54N4O8S/c1-25-22-40(26(2)24-41)35(42)32-21-29(38-49(44,45)31-17-15-30(46-5)16-18-31)14-19-33(32)48-27(3)11-9-10-20-47-34(25)23-39(4)36(43)37-28-12-7-6-8-13-28/h14-19,21,25-28,34,38,41H,6-13,20,22-24H2,1-5H3,(H,37,43)/t25-,26+,27-,34-/m0/s1. The van der Waals surface area contributed by atoms with E-state index in [1.54, 1.807) is 48.0 Å². The Morgan fingerprint density at radius 1 is 1.06 bits per heavy atom. The largest absolute Gasteiger partial charge is 0.497 e. The third-order valence-electron chi connectivity index (χ3n) is 9.41. The van der Waals surface area contributed by atoms with Gasteiger partial charge in [0, 0.05) is 44.4 Å². The van der Waals surface area contributed by atoms with Crippen molar-refractivity contribution in [3.8, 4) is 11.5 Å². The van der Waals surface area contributed by atoms with Gasteiger partial charge in [-0.15, -0.1) is 0 Å². The summed E-state index contributed by atoms with van der Waals surface area (Å²) in [7, 11) is -0.718. The fraction of sp³-hybridized carbons (Fsp3) is 0.611. The number of nitrogens with zero attached hydrogens (tertiary/aromatic N) is 2. The SMILES string of the molecule is COc1ccc(S(=O)(=O)Nc2ccc3c(c2)C(=O)N([C@H](C)CO)C[C@H](C)[C@H](CN(C)C(=O)NC2CCCCC2)OCCCC[C@H](C)O3)cc1. The van der Waals surface area contributed by atoms with Crippen molar-refractivity contribution in [3.05, 3.63) is 48.0 Å². The van der Waals surface area contributed by atoms with Crippen LogP contribution in [0.15, 0.2) is 47.4 Å². The molecule has 0 spiro atoms. The van der Waals surface area contributed by atoms with Crippen LogP contribution in [0.5, 0.6) is 11.5 Å². The number of methoxy groups -OCH3 is 1. The third-order valence-corrected chi connectivity index (χ3v) is 10.8. The molecule has 3 amide bonds. The van der Waals surface area contributed by atoms with Crippen molar-refractivity contribution in [1.82, 2.24) is 15.1 Å². The van der Waals surface area contributed by atoms with Crippen LogP contribution >= 0.6 is 0 Å². The van der Waals surface area contributed by atoms with Gasteiger partial charge in [-0.25, -0.2) is 13.2 Å². The highest BCUT2D eigenvalue weighted by atomic mass is 32.2. The van der Waals surface area contributed by atoms with Crippen molar-refractivity contribution in [2.24, 2.45) is 5.92 Å². The molecule has 49 heavy (non-hydrogen) atoms. The summed E-state index contributed by atoms with van der Waals surface area (Å²) in [5.74, 6) is 0.222. The van der Waals surface area contributed by atoms with Crippen LogP contribution in [0, 0.1) is 5.92 Å². The number of hydrogen-bond donors (Lipinski definition) is 3. The van der Waals surface area contributed by atoms with Gasteiger partial charge in [0.15, 0.2) is 0 Å². The van der Waals surface area contributed by atoms with E-state index in [1.807, 2.05) is 13.8 Å². The first-order valence-corrected chi connectivity index (χ1v) is 18.9. The van der Waals surface area contributed by atoms with E-state index in [0.29, 0.717) is 31.1 Å². The second-order valence-electron chi connectivity index (χ2n) is 13.5. The normalized spacial score (nSPS) is 22.2. The first-order valence-electron chi connectivity index (χ1n) is 17.4. The lowest BCUT2D eigenvalue weighted by Crippen LogP contribution is -2.50. The van der Waals surface area contributed by atoms with Crippen LogP contribution in [0.4, 0.5) is 10.5 Å². The molecule has 0 bridgehead atoms. The molecule has 1 heterocycles. The van der Waals surface area contributed by atoms with Crippen molar-refractivity contribution in [2.75, 3.05) is 45.2 Å². The third kappa shape index (κ3) is 10.7. The topological polar surface area (TPSA) is 147 Å². The van der Waals surface area contributed by atoms with Crippen molar-refractivity contribution in [2.45, 2.75) is 101 Å². The Kier molecular flexibility index (Phi) is 14.0. The number of amides is 3. The monoisotopic (exact) mass is 702 g/mol. The summed E-state index contributed by atoms with van der Waals surface area (Å²) >= 11 is 0. The number of anilines is 1. The molecule has 272 valence electrons. The number of rotatable bonds is 9. The van der Waals surface area contributed by atoms with Gasteiger partial charge in [0.1, 0.15) is 11.5 Å². The van der Waals surface area contributed by atoms with E-state index in [4.69, 9.17) is 14.2 Å². The summed E-state index contributed by atoms with van der Waals surface area (Å²) in [6.45, 7) is 6.43. The fourth-order valence-corrected chi connectivity index (χ4v) is 7.35. The Hall–Kier alpha value is -3.55. The van der Waals surface area contributed by atoms with Crippen LogP contribution in [0.25, 0.3) is 0 Å². The quantitative estimate of drug-likeness (QED) is 0.321. The van der Waals surface area contributed by atoms with Crippen LogP contribution in [0.3, 0.4) is 0 Å². The number of nitrogens with one attached hydrogen (secondary N) is 2. The maximum atomic E-state index is 14.4. The average molecular weight is 703 g/mol. The van der Waals surface area contributed by atoms with Crippen LogP contribution in [0.1, 0.15) is 82.5 Å². The number of ether oxygens (including phenoxy) is 3. The lowest BCUT2D eigenvalue weighted by atomic mass is 9.96. The minimum Gasteiger partial charge on any atom is -0.497 e. The van der Waals surface area contributed by atoms with Gasteiger partial charge < -0.3 is 34.4 Å². The number of carbonyl (C=O) groups is 2. The lowest BCUT2D eigenvalue weighted by molar-refractivity contribution is -0.0123. The zero-order valence-corrected chi connectivity index (χ0v) is 30.3. The zero-order valence-electron chi connectivity index (χ0n) is 29.5. The molecule has 1 aliphatic carbocycles. The summed E-state index contributed by atoms with van der Waals surface area (Å²) in [5.41, 5.74) is 0.365. The van der Waals surface area contributed by atoms with Gasteiger partial charge in [-0.1, -0.05) is 26.2 Å². The van der Waals surface area contributed by atoms with Gasteiger partial charge in [0.2, 0.25) is 0 Å². The molecule has 4 atom stereocenters. The number of hydrogen-bond acceptors (Lipinski definition) is 8. The molecule has 2 aromatic rings. The first kappa shape index (κ1) is 38.3. The summed E-state index contributed by atoms with van der Waals surface area (Å²) < 4.78 is 46.9. The fourth-order valence-electron chi connectivity index (χ4n) is 6.30. The second kappa shape index (κ2) is 17.9. The van der Waals surface area contributed by atoms with Crippen molar-refractivity contribution in [3.63, 3.8) is 0 Å². The maximum absolute atomic E-state index is 14.4. The minimum absolute atomic E-state index is 0.0392. The Bertz CT molecular complexity index is 1480. The molecule has 0 unspecified atom stereocenters. The number of sulfonamides is 1. The van der Waals surface area contributed by atoms with E-state index < -0.39 is 22.0 Å². The maximum Gasteiger partial charge on any atom is 0.317 e. The molecule has 2 aliphatic rings. The summed E-state index contributed by atoms with van der Waals surface area (Å²) in [6, 6.07) is 10.1. The molecule has 0 radical (unpaired) electrons. The lowest BCUT2D eigenvalue weighted by Gasteiger charge is -2.36. The molecular weight excluding hydrogens is 648 g/mol. The van der Waals surface area contributed by atoms with E-state index >= 15 is 0 Å². The van der Waals surface area contributed by atoms with E-state index in [9.17, 15) is 23.1 Å². The van der Waals surface area contributed by atoms with Crippen molar-refractivity contribution < 1.29 is 37.3 Å². The van der Waals surface area contributed by atoms with Crippen molar-refractivity contribution in [1.29, 1.82) is 0 Å². The molecule has 1 saturated carbocycles.